The van der Waals surface area contributed by atoms with E-state index in [0.29, 0.717) is 17.8 Å². The van der Waals surface area contributed by atoms with E-state index in [9.17, 15) is 9.59 Å². The fourth-order valence-electron chi connectivity index (χ4n) is 3.37. The molecule has 3 heterocycles. The van der Waals surface area contributed by atoms with Gasteiger partial charge in [0.1, 0.15) is 11.7 Å². The van der Waals surface area contributed by atoms with Gasteiger partial charge in [-0.15, -0.1) is 0 Å². The first-order valence-electron chi connectivity index (χ1n) is 8.39. The zero-order valence-electron chi connectivity index (χ0n) is 14.0. The Morgan fingerprint density at radius 3 is 2.57 bits per heavy atom. The van der Waals surface area contributed by atoms with Crippen LogP contribution in [0.1, 0.15) is 31.2 Å². The summed E-state index contributed by atoms with van der Waals surface area (Å²) in [6.07, 6.45) is 5.48. The number of amidine groups is 1. The average molecular weight is 319 g/mol. The molecule has 0 aliphatic carbocycles. The number of nitrogens with zero attached hydrogens (tertiary/aromatic N) is 4. The maximum atomic E-state index is 12.2. The number of likely N-dealkylation sites (tertiary alicyclic amines) is 1. The summed E-state index contributed by atoms with van der Waals surface area (Å²) >= 11 is 0. The third kappa shape index (κ3) is 3.24. The standard InChI is InChI=1S/C16H25N5O2/c1-19-14-12(15(22)20(2)16(19)23)11-13(18-14)17-7-6-10-21-8-4-3-5-9-21/h3-11H2,1-2H3,(H,17,18). The molecule has 0 aromatic carbocycles. The molecule has 0 radical (unpaired) electrons. The molecule has 3 rings (SSSR count). The lowest BCUT2D eigenvalue weighted by Crippen LogP contribution is -2.38. The molecule has 0 bridgehead atoms. The van der Waals surface area contributed by atoms with Crippen LogP contribution in [0.25, 0.3) is 0 Å². The molecule has 0 unspecified atom stereocenters. The number of rotatable bonds is 4. The minimum Gasteiger partial charge on any atom is -0.329 e. The van der Waals surface area contributed by atoms with Crippen molar-refractivity contribution in [3.63, 3.8) is 0 Å². The summed E-state index contributed by atoms with van der Waals surface area (Å²) in [5.41, 5.74) is 0.0890. The van der Waals surface area contributed by atoms with Gasteiger partial charge in [-0.2, -0.15) is 0 Å². The molecule has 1 saturated heterocycles. The SMILES string of the molecule is Cn1c2c(c(=O)n(C)c1=O)CC(=NCCCN1CCCCC1)N2. The maximum absolute atomic E-state index is 12.2. The quantitative estimate of drug-likeness (QED) is 0.812. The molecule has 1 aromatic rings. The van der Waals surface area contributed by atoms with Gasteiger partial charge in [-0.25, -0.2) is 4.79 Å². The van der Waals surface area contributed by atoms with Crippen molar-refractivity contribution in [2.75, 3.05) is 31.5 Å². The lowest BCUT2D eigenvalue weighted by atomic mass is 10.1. The van der Waals surface area contributed by atoms with Crippen molar-refractivity contribution >= 4 is 11.7 Å². The summed E-state index contributed by atoms with van der Waals surface area (Å²) in [5, 5.41) is 3.14. The molecule has 1 aromatic heterocycles. The number of anilines is 1. The van der Waals surface area contributed by atoms with Crippen LogP contribution >= 0.6 is 0 Å². The van der Waals surface area contributed by atoms with Gasteiger partial charge >= 0.3 is 5.69 Å². The summed E-state index contributed by atoms with van der Waals surface area (Å²) in [5.74, 6) is 1.38. The summed E-state index contributed by atoms with van der Waals surface area (Å²) in [6.45, 7) is 4.25. The van der Waals surface area contributed by atoms with Crippen molar-refractivity contribution < 1.29 is 0 Å². The van der Waals surface area contributed by atoms with Crippen molar-refractivity contribution in [1.29, 1.82) is 0 Å². The molecular weight excluding hydrogens is 294 g/mol. The second kappa shape index (κ2) is 6.70. The van der Waals surface area contributed by atoms with Crippen LogP contribution in [0.3, 0.4) is 0 Å². The van der Waals surface area contributed by atoms with Gasteiger partial charge in [-0.3, -0.25) is 18.9 Å². The Labute approximate surface area is 135 Å². The fraction of sp³-hybridized carbons (Fsp3) is 0.688. The number of aliphatic imine (C=N–C) groups is 1. The lowest BCUT2D eigenvalue weighted by molar-refractivity contribution is 0.228. The smallest absolute Gasteiger partial charge is 0.329 e. The molecule has 1 N–H and O–H groups in total. The zero-order chi connectivity index (χ0) is 16.4. The molecule has 126 valence electrons. The van der Waals surface area contributed by atoms with Gasteiger partial charge in [-0.05, 0) is 38.9 Å². The normalized spacial score (nSPS) is 19.8. The Morgan fingerprint density at radius 1 is 1.09 bits per heavy atom. The zero-order valence-corrected chi connectivity index (χ0v) is 14.0. The molecule has 7 heteroatoms. The summed E-state index contributed by atoms with van der Waals surface area (Å²) < 4.78 is 2.63. The number of hydrogen-bond acceptors (Lipinski definition) is 4. The Hall–Kier alpha value is -1.89. The molecule has 0 atom stereocenters. The third-order valence-corrected chi connectivity index (χ3v) is 4.75. The van der Waals surface area contributed by atoms with Crippen molar-refractivity contribution in [1.82, 2.24) is 14.0 Å². The monoisotopic (exact) mass is 319 g/mol. The van der Waals surface area contributed by atoms with Crippen LogP contribution in [0.2, 0.25) is 0 Å². The molecule has 23 heavy (non-hydrogen) atoms. The Morgan fingerprint density at radius 2 is 1.83 bits per heavy atom. The van der Waals surface area contributed by atoms with Crippen LogP contribution in [-0.4, -0.2) is 46.0 Å². The van der Waals surface area contributed by atoms with Crippen LogP contribution in [-0.2, 0) is 20.5 Å². The van der Waals surface area contributed by atoms with E-state index in [4.69, 9.17) is 0 Å². The lowest BCUT2D eigenvalue weighted by Gasteiger charge is -2.25. The van der Waals surface area contributed by atoms with Crippen molar-refractivity contribution in [2.24, 2.45) is 19.1 Å². The molecular formula is C16H25N5O2. The molecule has 0 amide bonds. The maximum Gasteiger partial charge on any atom is 0.332 e. The molecule has 2 aliphatic heterocycles. The minimum atomic E-state index is -0.312. The first-order chi connectivity index (χ1) is 11.1. The summed E-state index contributed by atoms with van der Waals surface area (Å²) in [4.78, 5) is 31.2. The van der Waals surface area contributed by atoms with E-state index in [0.717, 1.165) is 29.9 Å². The Balaban J connectivity index is 1.61. The number of hydrogen-bond donors (Lipinski definition) is 1. The summed E-state index contributed by atoms with van der Waals surface area (Å²) in [7, 11) is 3.19. The van der Waals surface area contributed by atoms with Crippen LogP contribution in [0.15, 0.2) is 14.6 Å². The fourth-order valence-corrected chi connectivity index (χ4v) is 3.37. The molecule has 1 fully saturated rings. The van der Waals surface area contributed by atoms with Crippen LogP contribution in [0, 0.1) is 0 Å². The number of nitrogens with one attached hydrogen (secondary N) is 1. The predicted octanol–water partition coefficient (Wildman–Crippen LogP) is 0.327. The van der Waals surface area contributed by atoms with Gasteiger partial charge < -0.3 is 10.2 Å². The van der Waals surface area contributed by atoms with Crippen LogP contribution in [0.4, 0.5) is 5.82 Å². The highest BCUT2D eigenvalue weighted by Gasteiger charge is 2.24. The van der Waals surface area contributed by atoms with E-state index in [-0.39, 0.29) is 11.2 Å². The van der Waals surface area contributed by atoms with E-state index >= 15 is 0 Å². The van der Waals surface area contributed by atoms with Gasteiger partial charge in [0, 0.05) is 27.1 Å². The highest BCUT2D eigenvalue weighted by Crippen LogP contribution is 2.17. The second-order valence-corrected chi connectivity index (χ2v) is 6.42. The van der Waals surface area contributed by atoms with E-state index in [1.54, 1.807) is 7.05 Å². The number of piperidine rings is 1. The highest BCUT2D eigenvalue weighted by atomic mass is 16.2. The molecule has 7 nitrogen and oxygen atoms in total. The van der Waals surface area contributed by atoms with Crippen LogP contribution < -0.4 is 16.6 Å². The Kier molecular flexibility index (Phi) is 4.66. The Bertz CT molecular complexity index is 725. The third-order valence-electron chi connectivity index (χ3n) is 4.75. The highest BCUT2D eigenvalue weighted by molar-refractivity contribution is 6.01. The van der Waals surface area contributed by atoms with Gasteiger partial charge in [-0.1, -0.05) is 6.42 Å². The number of fused-ring (bicyclic) bond motifs is 1. The summed E-state index contributed by atoms with van der Waals surface area (Å²) in [6, 6.07) is 0. The van der Waals surface area contributed by atoms with E-state index in [1.807, 2.05) is 0 Å². The topological polar surface area (TPSA) is 71.6 Å². The van der Waals surface area contributed by atoms with Crippen molar-refractivity contribution in [2.45, 2.75) is 32.1 Å². The van der Waals surface area contributed by atoms with E-state index < -0.39 is 0 Å². The average Bonchev–Trinajstić information content (AvgIpc) is 3.00. The van der Waals surface area contributed by atoms with Crippen molar-refractivity contribution in [3.8, 4) is 0 Å². The second-order valence-electron chi connectivity index (χ2n) is 6.42. The molecule has 2 aliphatic rings. The van der Waals surface area contributed by atoms with Crippen molar-refractivity contribution in [3.05, 3.63) is 26.4 Å². The molecule has 0 saturated carbocycles. The van der Waals surface area contributed by atoms with Gasteiger partial charge in [0.2, 0.25) is 0 Å². The van der Waals surface area contributed by atoms with E-state index in [2.05, 4.69) is 15.2 Å². The number of aromatic nitrogens is 2. The minimum absolute atomic E-state index is 0.228. The largest absolute Gasteiger partial charge is 0.332 e. The molecule has 0 spiro atoms. The first kappa shape index (κ1) is 16.0. The van der Waals surface area contributed by atoms with Gasteiger partial charge in [0.15, 0.2) is 0 Å². The van der Waals surface area contributed by atoms with Crippen LogP contribution in [0.5, 0.6) is 0 Å². The van der Waals surface area contributed by atoms with Gasteiger partial charge in [0.05, 0.1) is 5.56 Å². The predicted molar refractivity (Wildman–Crippen MR) is 91.5 cm³/mol. The first-order valence-corrected chi connectivity index (χ1v) is 8.39. The van der Waals surface area contributed by atoms with E-state index in [1.165, 1.54) is 44.0 Å². The van der Waals surface area contributed by atoms with Gasteiger partial charge in [0.25, 0.3) is 5.56 Å².